The van der Waals surface area contributed by atoms with E-state index in [1.807, 2.05) is 30.3 Å². The van der Waals surface area contributed by atoms with Crippen LogP contribution in [0, 0.1) is 0 Å². The van der Waals surface area contributed by atoms with Crippen LogP contribution in [0.3, 0.4) is 0 Å². The lowest BCUT2D eigenvalue weighted by atomic mass is 10.2. The molecule has 4 aromatic rings. The standard InChI is InChI=1S/C16H10Cl2N2/c17-9-16-19-13-6-5-11(18)8-12(13)15-7-10-3-1-2-4-14(10)20(15)16/h1-8H,9H2. The van der Waals surface area contributed by atoms with Crippen LogP contribution in [-0.2, 0) is 5.88 Å². The summed E-state index contributed by atoms with van der Waals surface area (Å²) in [5, 5.41) is 2.93. The van der Waals surface area contributed by atoms with Crippen molar-refractivity contribution < 1.29 is 0 Å². The van der Waals surface area contributed by atoms with Gasteiger partial charge in [0.2, 0.25) is 0 Å². The first-order valence-corrected chi connectivity index (χ1v) is 7.23. The van der Waals surface area contributed by atoms with Gasteiger partial charge < -0.3 is 0 Å². The van der Waals surface area contributed by atoms with Gasteiger partial charge in [-0.15, -0.1) is 11.6 Å². The summed E-state index contributed by atoms with van der Waals surface area (Å²) in [4.78, 5) is 4.66. The molecule has 2 heterocycles. The topological polar surface area (TPSA) is 17.3 Å². The number of halogens is 2. The van der Waals surface area contributed by atoms with Gasteiger partial charge in [0.1, 0.15) is 5.82 Å². The normalized spacial score (nSPS) is 11.7. The Morgan fingerprint density at radius 2 is 1.85 bits per heavy atom. The molecule has 0 atom stereocenters. The average molecular weight is 301 g/mol. The van der Waals surface area contributed by atoms with E-state index in [9.17, 15) is 0 Å². The van der Waals surface area contributed by atoms with E-state index in [2.05, 4.69) is 27.6 Å². The van der Waals surface area contributed by atoms with E-state index < -0.39 is 0 Å². The average Bonchev–Trinajstić information content (AvgIpc) is 2.86. The Balaban J connectivity index is 2.32. The van der Waals surface area contributed by atoms with Crippen molar-refractivity contribution in [2.75, 3.05) is 0 Å². The Hall–Kier alpha value is -1.77. The van der Waals surface area contributed by atoms with Crippen molar-refractivity contribution in [1.29, 1.82) is 0 Å². The monoisotopic (exact) mass is 300 g/mol. The molecule has 2 nitrogen and oxygen atoms in total. The third-order valence-corrected chi connectivity index (χ3v) is 4.05. The minimum atomic E-state index is 0.369. The molecule has 2 aromatic heterocycles. The molecule has 2 aromatic carbocycles. The lowest BCUT2D eigenvalue weighted by Crippen LogP contribution is -1.99. The summed E-state index contributed by atoms with van der Waals surface area (Å²) in [5.41, 5.74) is 3.13. The number of benzene rings is 2. The molecular formula is C16H10Cl2N2. The molecule has 0 fully saturated rings. The fourth-order valence-corrected chi connectivity index (χ4v) is 3.07. The van der Waals surface area contributed by atoms with Gasteiger partial charge in [-0.05, 0) is 30.3 Å². The molecule has 0 spiro atoms. The number of nitrogens with zero attached hydrogens (tertiary/aromatic N) is 2. The van der Waals surface area contributed by atoms with E-state index >= 15 is 0 Å². The second-order valence-electron chi connectivity index (χ2n) is 4.75. The second-order valence-corrected chi connectivity index (χ2v) is 5.45. The smallest absolute Gasteiger partial charge is 0.129 e. The summed E-state index contributed by atoms with van der Waals surface area (Å²) in [6.45, 7) is 0. The number of hydrogen-bond acceptors (Lipinski definition) is 1. The van der Waals surface area contributed by atoms with E-state index in [0.717, 1.165) is 27.8 Å². The predicted molar refractivity (Wildman–Crippen MR) is 84.8 cm³/mol. The van der Waals surface area contributed by atoms with E-state index in [1.54, 1.807) is 0 Å². The molecular weight excluding hydrogens is 291 g/mol. The Morgan fingerprint density at radius 3 is 2.70 bits per heavy atom. The molecule has 0 amide bonds. The Bertz CT molecular complexity index is 957. The van der Waals surface area contributed by atoms with Crippen LogP contribution in [0.4, 0.5) is 0 Å². The molecule has 0 saturated heterocycles. The Labute approximate surface area is 125 Å². The molecule has 0 saturated carbocycles. The summed E-state index contributed by atoms with van der Waals surface area (Å²) in [6, 6.07) is 16.1. The fourth-order valence-electron chi connectivity index (χ4n) is 2.72. The largest absolute Gasteiger partial charge is 0.296 e. The molecule has 0 bridgehead atoms. The zero-order valence-electron chi connectivity index (χ0n) is 10.5. The molecule has 4 rings (SSSR count). The number of para-hydroxylation sites is 1. The van der Waals surface area contributed by atoms with E-state index in [0.29, 0.717) is 10.9 Å². The van der Waals surface area contributed by atoms with Gasteiger partial charge in [-0.3, -0.25) is 4.40 Å². The second kappa shape index (κ2) is 4.37. The van der Waals surface area contributed by atoms with Crippen molar-refractivity contribution in [3.63, 3.8) is 0 Å². The van der Waals surface area contributed by atoms with Crippen LogP contribution in [-0.4, -0.2) is 9.38 Å². The molecule has 0 aliphatic heterocycles. The summed E-state index contributed by atoms with van der Waals surface area (Å²) in [7, 11) is 0. The van der Waals surface area contributed by atoms with E-state index in [1.165, 1.54) is 5.39 Å². The lowest BCUT2D eigenvalue weighted by molar-refractivity contribution is 1.02. The maximum Gasteiger partial charge on any atom is 0.129 e. The van der Waals surface area contributed by atoms with Crippen molar-refractivity contribution in [3.05, 3.63) is 59.4 Å². The first-order valence-electron chi connectivity index (χ1n) is 6.32. The molecule has 4 heteroatoms. The molecule has 0 aliphatic carbocycles. The van der Waals surface area contributed by atoms with Crippen LogP contribution in [0.15, 0.2) is 48.5 Å². The first kappa shape index (κ1) is 12.0. The van der Waals surface area contributed by atoms with Gasteiger partial charge >= 0.3 is 0 Å². The summed E-state index contributed by atoms with van der Waals surface area (Å²) < 4.78 is 2.11. The fraction of sp³-hybridized carbons (Fsp3) is 0.0625. The molecule has 0 unspecified atom stereocenters. The van der Waals surface area contributed by atoms with Gasteiger partial charge in [0.05, 0.1) is 22.4 Å². The highest BCUT2D eigenvalue weighted by molar-refractivity contribution is 6.31. The van der Waals surface area contributed by atoms with Gasteiger partial charge in [0, 0.05) is 15.8 Å². The SMILES string of the molecule is ClCc1nc2ccc(Cl)cc2c2cc3ccccc3n12. The molecule has 0 N–H and O–H groups in total. The number of fused-ring (bicyclic) bond motifs is 5. The van der Waals surface area contributed by atoms with Gasteiger partial charge in [-0.2, -0.15) is 0 Å². The highest BCUT2D eigenvalue weighted by Gasteiger charge is 2.11. The molecule has 20 heavy (non-hydrogen) atoms. The minimum Gasteiger partial charge on any atom is -0.296 e. The van der Waals surface area contributed by atoms with Crippen LogP contribution in [0.2, 0.25) is 5.02 Å². The van der Waals surface area contributed by atoms with Crippen molar-refractivity contribution in [3.8, 4) is 0 Å². The van der Waals surface area contributed by atoms with Crippen molar-refractivity contribution in [2.24, 2.45) is 0 Å². The number of hydrogen-bond donors (Lipinski definition) is 0. The van der Waals surface area contributed by atoms with Crippen LogP contribution < -0.4 is 0 Å². The first-order chi connectivity index (χ1) is 9.78. The summed E-state index contributed by atoms with van der Waals surface area (Å²) in [5.74, 6) is 1.21. The number of rotatable bonds is 1. The third-order valence-electron chi connectivity index (χ3n) is 3.57. The Morgan fingerprint density at radius 1 is 1.00 bits per heavy atom. The van der Waals surface area contributed by atoms with Crippen molar-refractivity contribution >= 4 is 50.5 Å². The minimum absolute atomic E-state index is 0.369. The zero-order chi connectivity index (χ0) is 13.7. The maximum absolute atomic E-state index is 6.13. The molecule has 0 radical (unpaired) electrons. The number of alkyl halides is 1. The van der Waals surface area contributed by atoms with E-state index in [-0.39, 0.29) is 0 Å². The van der Waals surface area contributed by atoms with Gasteiger partial charge in [0.25, 0.3) is 0 Å². The van der Waals surface area contributed by atoms with Crippen LogP contribution in [0.1, 0.15) is 5.82 Å². The highest BCUT2D eigenvalue weighted by Crippen LogP contribution is 2.29. The predicted octanol–water partition coefficient (Wildman–Crippen LogP) is 5.03. The summed E-state index contributed by atoms with van der Waals surface area (Å²) >= 11 is 12.2. The van der Waals surface area contributed by atoms with Crippen molar-refractivity contribution in [2.45, 2.75) is 5.88 Å². The highest BCUT2D eigenvalue weighted by atomic mass is 35.5. The van der Waals surface area contributed by atoms with Gasteiger partial charge in [-0.1, -0.05) is 29.8 Å². The van der Waals surface area contributed by atoms with Gasteiger partial charge in [-0.25, -0.2) is 4.98 Å². The summed E-state index contributed by atoms with van der Waals surface area (Å²) in [6.07, 6.45) is 0. The zero-order valence-corrected chi connectivity index (χ0v) is 12.0. The molecule has 98 valence electrons. The van der Waals surface area contributed by atoms with Crippen LogP contribution in [0.5, 0.6) is 0 Å². The van der Waals surface area contributed by atoms with Crippen LogP contribution >= 0.6 is 23.2 Å². The molecule has 0 aliphatic rings. The third kappa shape index (κ3) is 1.62. The van der Waals surface area contributed by atoms with Gasteiger partial charge in [0.15, 0.2) is 0 Å². The van der Waals surface area contributed by atoms with E-state index in [4.69, 9.17) is 23.2 Å². The van der Waals surface area contributed by atoms with Crippen molar-refractivity contribution in [1.82, 2.24) is 9.38 Å². The Kier molecular flexibility index (Phi) is 2.62. The number of aromatic nitrogens is 2. The quantitative estimate of drug-likeness (QED) is 0.451. The van der Waals surface area contributed by atoms with Crippen LogP contribution in [0.25, 0.3) is 27.3 Å². The lowest BCUT2D eigenvalue weighted by Gasteiger charge is -2.07. The maximum atomic E-state index is 6.13.